The van der Waals surface area contributed by atoms with Gasteiger partial charge in [-0.15, -0.1) is 0 Å². The summed E-state index contributed by atoms with van der Waals surface area (Å²) >= 11 is 0. The Hall–Kier alpha value is -1.60. The molecule has 0 aromatic carbocycles. The quantitative estimate of drug-likeness (QED) is 0.263. The van der Waals surface area contributed by atoms with E-state index in [-0.39, 0.29) is 13.2 Å². The van der Waals surface area contributed by atoms with Crippen molar-refractivity contribution in [2.75, 3.05) is 26.4 Å². The number of ether oxygens (including phenoxy) is 3. The molecule has 0 radical (unpaired) electrons. The summed E-state index contributed by atoms with van der Waals surface area (Å²) in [5.41, 5.74) is 0.319. The molecule has 2 amide bonds. The Morgan fingerprint density at radius 3 is 2.18 bits per heavy atom. The van der Waals surface area contributed by atoms with Crippen LogP contribution in [0.25, 0.3) is 0 Å². The molecule has 0 aromatic heterocycles. The third-order valence-corrected chi connectivity index (χ3v) is 2.61. The molecule has 7 nitrogen and oxygen atoms in total. The van der Waals surface area contributed by atoms with Crippen LogP contribution in [0.1, 0.15) is 40.5 Å². The smallest absolute Gasteiger partial charge is 0.333 e. The molecule has 0 unspecified atom stereocenters. The second-order valence-corrected chi connectivity index (χ2v) is 4.67. The highest BCUT2D eigenvalue weighted by Gasteiger charge is 2.32. The van der Waals surface area contributed by atoms with E-state index in [2.05, 4.69) is 17.2 Å². The Morgan fingerprint density at radius 2 is 1.73 bits per heavy atom. The fourth-order valence-corrected chi connectivity index (χ4v) is 1.76. The lowest BCUT2D eigenvalue weighted by Gasteiger charge is -2.33. The van der Waals surface area contributed by atoms with Crippen LogP contribution < -0.4 is 10.6 Å². The van der Waals surface area contributed by atoms with Crippen molar-refractivity contribution in [3.63, 3.8) is 0 Å². The Labute approximate surface area is 132 Å². The zero-order chi connectivity index (χ0) is 17.0. The van der Waals surface area contributed by atoms with Gasteiger partial charge in [0.05, 0.1) is 6.54 Å². The van der Waals surface area contributed by atoms with Gasteiger partial charge in [-0.1, -0.05) is 13.5 Å². The van der Waals surface area contributed by atoms with Crippen LogP contribution in [0.15, 0.2) is 12.2 Å². The molecule has 0 aliphatic rings. The number of carbonyl (C=O) groups excluding carboxylic acids is 2. The van der Waals surface area contributed by atoms with Crippen molar-refractivity contribution in [3.05, 3.63) is 12.2 Å². The SMILES string of the molecule is C=C(C)C(=O)OCCNC(=O)NC(CCC)(OCC)OCC. The lowest BCUT2D eigenvalue weighted by molar-refractivity contribution is -0.248. The number of esters is 1. The molecule has 0 atom stereocenters. The van der Waals surface area contributed by atoms with Gasteiger partial charge in [-0.25, -0.2) is 9.59 Å². The first-order chi connectivity index (χ1) is 10.4. The molecular formula is C15H28N2O5. The van der Waals surface area contributed by atoms with Crippen LogP contribution in [0, 0.1) is 0 Å². The molecule has 0 rings (SSSR count). The van der Waals surface area contributed by atoms with E-state index in [1.165, 1.54) is 0 Å². The molecule has 0 spiro atoms. The zero-order valence-corrected chi connectivity index (χ0v) is 14.0. The molecular weight excluding hydrogens is 288 g/mol. The Morgan fingerprint density at radius 1 is 1.14 bits per heavy atom. The van der Waals surface area contributed by atoms with Crippen LogP contribution >= 0.6 is 0 Å². The van der Waals surface area contributed by atoms with Crippen molar-refractivity contribution in [2.45, 2.75) is 46.4 Å². The van der Waals surface area contributed by atoms with Crippen molar-refractivity contribution in [1.29, 1.82) is 0 Å². The maximum absolute atomic E-state index is 11.9. The number of urea groups is 1. The Balaban J connectivity index is 4.32. The van der Waals surface area contributed by atoms with Gasteiger partial charge < -0.3 is 19.5 Å². The van der Waals surface area contributed by atoms with Gasteiger partial charge >= 0.3 is 12.0 Å². The average Bonchev–Trinajstić information content (AvgIpc) is 2.44. The first-order valence-corrected chi connectivity index (χ1v) is 7.57. The molecule has 0 aliphatic carbocycles. The molecule has 128 valence electrons. The topological polar surface area (TPSA) is 85.9 Å². The predicted octanol–water partition coefficient (Wildman–Crippen LogP) is 1.93. The van der Waals surface area contributed by atoms with Crippen LogP contribution in [-0.4, -0.2) is 44.3 Å². The molecule has 0 saturated heterocycles. The average molecular weight is 316 g/mol. The monoisotopic (exact) mass is 316 g/mol. The Kier molecular flexibility index (Phi) is 10.2. The summed E-state index contributed by atoms with van der Waals surface area (Å²) in [7, 11) is 0. The molecule has 0 bridgehead atoms. The lowest BCUT2D eigenvalue weighted by Crippen LogP contribution is -2.56. The molecule has 22 heavy (non-hydrogen) atoms. The molecule has 0 heterocycles. The zero-order valence-electron chi connectivity index (χ0n) is 14.0. The lowest BCUT2D eigenvalue weighted by atomic mass is 10.2. The van der Waals surface area contributed by atoms with Gasteiger partial charge in [-0.2, -0.15) is 0 Å². The van der Waals surface area contributed by atoms with Crippen LogP contribution in [0.5, 0.6) is 0 Å². The molecule has 0 aromatic rings. The number of hydrogen-bond donors (Lipinski definition) is 2. The number of hydrogen-bond acceptors (Lipinski definition) is 5. The molecule has 0 fully saturated rings. The highest BCUT2D eigenvalue weighted by molar-refractivity contribution is 5.86. The molecule has 7 heteroatoms. The summed E-state index contributed by atoms with van der Waals surface area (Å²) in [5, 5.41) is 5.28. The number of amides is 2. The van der Waals surface area contributed by atoms with Gasteiger partial charge in [0, 0.05) is 25.2 Å². The second kappa shape index (κ2) is 11.0. The summed E-state index contributed by atoms with van der Waals surface area (Å²) in [5.74, 6) is -1.61. The minimum Gasteiger partial charge on any atom is -0.460 e. The summed E-state index contributed by atoms with van der Waals surface area (Å²) in [6.07, 6.45) is 1.32. The molecule has 0 saturated carbocycles. The minimum absolute atomic E-state index is 0.0726. The van der Waals surface area contributed by atoms with E-state index in [0.29, 0.717) is 25.2 Å². The predicted molar refractivity (Wildman–Crippen MR) is 83.2 cm³/mol. The highest BCUT2D eigenvalue weighted by Crippen LogP contribution is 2.16. The van der Waals surface area contributed by atoms with Gasteiger partial charge in [0.15, 0.2) is 0 Å². The van der Waals surface area contributed by atoms with Gasteiger partial charge in [-0.05, 0) is 27.2 Å². The van der Waals surface area contributed by atoms with Crippen molar-refractivity contribution >= 4 is 12.0 Å². The maximum Gasteiger partial charge on any atom is 0.333 e. The van der Waals surface area contributed by atoms with E-state index in [9.17, 15) is 9.59 Å². The standard InChI is InChI=1S/C15H28N2O5/c1-6-9-15(21-7-2,22-8-3)17-14(19)16-10-11-20-13(18)12(4)5/h4,6-11H2,1-3,5H3,(H2,16,17,19). The minimum atomic E-state index is -1.13. The largest absolute Gasteiger partial charge is 0.460 e. The van der Waals surface area contributed by atoms with Crippen molar-refractivity contribution in [3.8, 4) is 0 Å². The normalized spacial score (nSPS) is 10.9. The Bertz CT molecular complexity index is 354. The van der Waals surface area contributed by atoms with Crippen LogP contribution in [0.2, 0.25) is 0 Å². The van der Waals surface area contributed by atoms with E-state index in [0.717, 1.165) is 6.42 Å². The second-order valence-electron chi connectivity index (χ2n) is 4.67. The molecule has 0 aliphatic heterocycles. The van der Waals surface area contributed by atoms with Crippen molar-refractivity contribution in [2.24, 2.45) is 0 Å². The van der Waals surface area contributed by atoms with E-state index in [1.807, 2.05) is 20.8 Å². The first-order valence-electron chi connectivity index (χ1n) is 7.57. The summed E-state index contributed by atoms with van der Waals surface area (Å²) in [6, 6.07) is -0.443. The summed E-state index contributed by atoms with van der Waals surface area (Å²) in [6.45, 7) is 11.8. The fraction of sp³-hybridized carbons (Fsp3) is 0.733. The van der Waals surface area contributed by atoms with Gasteiger partial charge in [0.1, 0.15) is 6.61 Å². The van der Waals surface area contributed by atoms with Gasteiger partial charge in [0.25, 0.3) is 5.91 Å². The third kappa shape index (κ3) is 7.99. The van der Waals surface area contributed by atoms with E-state index >= 15 is 0 Å². The van der Waals surface area contributed by atoms with E-state index in [4.69, 9.17) is 14.2 Å². The molecule has 2 N–H and O–H groups in total. The van der Waals surface area contributed by atoms with E-state index < -0.39 is 17.9 Å². The first kappa shape index (κ1) is 20.4. The van der Waals surface area contributed by atoms with Crippen molar-refractivity contribution in [1.82, 2.24) is 10.6 Å². The number of nitrogens with one attached hydrogen (secondary N) is 2. The van der Waals surface area contributed by atoms with Gasteiger partial charge in [0.2, 0.25) is 0 Å². The third-order valence-electron chi connectivity index (χ3n) is 2.61. The highest BCUT2D eigenvalue weighted by atomic mass is 16.7. The summed E-state index contributed by atoms with van der Waals surface area (Å²) < 4.78 is 16.0. The number of rotatable bonds is 11. The van der Waals surface area contributed by atoms with Crippen molar-refractivity contribution < 1.29 is 23.8 Å². The van der Waals surface area contributed by atoms with Crippen LogP contribution in [0.3, 0.4) is 0 Å². The van der Waals surface area contributed by atoms with Gasteiger partial charge in [-0.3, -0.25) is 5.32 Å². The van der Waals surface area contributed by atoms with E-state index in [1.54, 1.807) is 6.92 Å². The van der Waals surface area contributed by atoms with Crippen LogP contribution in [0.4, 0.5) is 4.79 Å². The fourth-order valence-electron chi connectivity index (χ4n) is 1.76. The van der Waals surface area contributed by atoms with Crippen LogP contribution in [-0.2, 0) is 19.0 Å². The number of carbonyl (C=O) groups is 2. The summed E-state index contributed by atoms with van der Waals surface area (Å²) in [4.78, 5) is 23.1. The maximum atomic E-state index is 11.9.